The number of carbonyl (C=O) groups is 2. The molecule has 6 N–H and O–H groups in total. The lowest BCUT2D eigenvalue weighted by molar-refractivity contribution is -0.116. The molecule has 1 aromatic carbocycles. The molecule has 0 spiro atoms. The van der Waals surface area contributed by atoms with Gasteiger partial charge in [0, 0.05) is 12.7 Å². The monoisotopic (exact) mass is 256 g/mol. The van der Waals surface area contributed by atoms with Crippen LogP contribution in [0.5, 0.6) is 0 Å². The molecule has 1 aromatic rings. The summed E-state index contributed by atoms with van der Waals surface area (Å²) in [6.07, 6.45) is 0. The van der Waals surface area contributed by atoms with Crippen LogP contribution in [-0.2, 0) is 4.79 Å². The SMILES string of the molecule is CN(CC(N)=O)c1c(Cl)cc(N)cc1C(N)=O. The molecule has 17 heavy (non-hydrogen) atoms. The molecule has 92 valence electrons. The van der Waals surface area contributed by atoms with Gasteiger partial charge in [-0.25, -0.2) is 0 Å². The van der Waals surface area contributed by atoms with Gasteiger partial charge in [-0.05, 0) is 12.1 Å². The van der Waals surface area contributed by atoms with Gasteiger partial charge in [-0.1, -0.05) is 11.6 Å². The van der Waals surface area contributed by atoms with Crippen molar-refractivity contribution in [3.8, 4) is 0 Å². The Morgan fingerprint density at radius 1 is 1.35 bits per heavy atom. The Morgan fingerprint density at radius 3 is 2.41 bits per heavy atom. The summed E-state index contributed by atoms with van der Waals surface area (Å²) in [4.78, 5) is 23.6. The van der Waals surface area contributed by atoms with E-state index in [1.54, 1.807) is 7.05 Å². The number of carbonyl (C=O) groups excluding carboxylic acids is 2. The highest BCUT2D eigenvalue weighted by molar-refractivity contribution is 6.34. The summed E-state index contributed by atoms with van der Waals surface area (Å²) in [5.74, 6) is -1.22. The second-order valence-electron chi connectivity index (χ2n) is 3.59. The van der Waals surface area contributed by atoms with E-state index in [4.69, 9.17) is 28.8 Å². The van der Waals surface area contributed by atoms with Crippen LogP contribution < -0.4 is 22.1 Å². The Balaban J connectivity index is 3.30. The summed E-state index contributed by atoms with van der Waals surface area (Å²) in [5.41, 5.74) is 16.7. The van der Waals surface area contributed by atoms with Crippen LogP contribution in [0.3, 0.4) is 0 Å². The summed E-state index contributed by atoms with van der Waals surface area (Å²) in [6, 6.07) is 2.88. The maximum Gasteiger partial charge on any atom is 0.250 e. The zero-order valence-electron chi connectivity index (χ0n) is 9.24. The summed E-state index contributed by atoms with van der Waals surface area (Å²) < 4.78 is 0. The number of primary amides is 2. The standard InChI is InChI=1S/C10H13ClN4O2/c1-15(4-8(13)16)9-6(10(14)17)2-5(12)3-7(9)11/h2-3H,4,12H2,1H3,(H2,13,16)(H2,14,17). The van der Waals surface area contributed by atoms with E-state index in [2.05, 4.69) is 0 Å². The van der Waals surface area contributed by atoms with Crippen LogP contribution in [0.25, 0.3) is 0 Å². The third-order valence-electron chi connectivity index (χ3n) is 2.13. The highest BCUT2D eigenvalue weighted by Gasteiger charge is 2.17. The average molecular weight is 257 g/mol. The van der Waals surface area contributed by atoms with Gasteiger partial charge in [0.2, 0.25) is 5.91 Å². The minimum Gasteiger partial charge on any atom is -0.399 e. The lowest BCUT2D eigenvalue weighted by atomic mass is 10.1. The molecule has 0 aliphatic rings. The maximum absolute atomic E-state index is 11.3. The largest absolute Gasteiger partial charge is 0.399 e. The molecule has 2 amide bonds. The van der Waals surface area contributed by atoms with Gasteiger partial charge in [0.25, 0.3) is 5.91 Å². The zero-order valence-corrected chi connectivity index (χ0v) is 9.99. The number of anilines is 2. The minimum atomic E-state index is -0.675. The van der Waals surface area contributed by atoms with Crippen LogP contribution in [0, 0.1) is 0 Å². The van der Waals surface area contributed by atoms with Gasteiger partial charge in [0.1, 0.15) is 0 Å². The van der Waals surface area contributed by atoms with E-state index in [0.29, 0.717) is 11.4 Å². The topological polar surface area (TPSA) is 115 Å². The fourth-order valence-corrected chi connectivity index (χ4v) is 1.88. The van der Waals surface area contributed by atoms with Crippen LogP contribution in [0.2, 0.25) is 5.02 Å². The second kappa shape index (κ2) is 4.92. The van der Waals surface area contributed by atoms with Crippen molar-refractivity contribution in [3.63, 3.8) is 0 Å². The molecule has 0 unspecified atom stereocenters. The molecule has 0 saturated carbocycles. The number of nitrogens with two attached hydrogens (primary N) is 3. The average Bonchev–Trinajstić information content (AvgIpc) is 2.14. The van der Waals surface area contributed by atoms with Gasteiger partial charge in [0.15, 0.2) is 0 Å². The van der Waals surface area contributed by atoms with Crippen molar-refractivity contribution in [1.29, 1.82) is 0 Å². The summed E-state index contributed by atoms with van der Waals surface area (Å²) in [7, 11) is 1.58. The Bertz CT molecular complexity index is 476. The lowest BCUT2D eigenvalue weighted by Gasteiger charge is -2.21. The third-order valence-corrected chi connectivity index (χ3v) is 2.41. The number of hydrogen-bond acceptors (Lipinski definition) is 4. The van der Waals surface area contributed by atoms with Gasteiger partial charge in [-0.15, -0.1) is 0 Å². The summed E-state index contributed by atoms with van der Waals surface area (Å²) >= 11 is 5.98. The van der Waals surface area contributed by atoms with Gasteiger partial charge >= 0.3 is 0 Å². The van der Waals surface area contributed by atoms with E-state index in [0.717, 1.165) is 0 Å². The van der Waals surface area contributed by atoms with Crippen LogP contribution in [-0.4, -0.2) is 25.4 Å². The van der Waals surface area contributed by atoms with Crippen molar-refractivity contribution < 1.29 is 9.59 Å². The first-order valence-electron chi connectivity index (χ1n) is 4.71. The van der Waals surface area contributed by atoms with E-state index in [-0.39, 0.29) is 17.1 Å². The van der Waals surface area contributed by atoms with E-state index in [1.807, 2.05) is 0 Å². The molecule has 0 saturated heterocycles. The van der Waals surface area contributed by atoms with Crippen molar-refractivity contribution >= 4 is 34.8 Å². The molecule has 0 radical (unpaired) electrons. The minimum absolute atomic E-state index is 0.0794. The van der Waals surface area contributed by atoms with Gasteiger partial charge in [-0.3, -0.25) is 9.59 Å². The number of halogens is 1. The van der Waals surface area contributed by atoms with E-state index in [9.17, 15) is 9.59 Å². The molecular weight excluding hydrogens is 244 g/mol. The second-order valence-corrected chi connectivity index (χ2v) is 3.99. The van der Waals surface area contributed by atoms with Crippen molar-refractivity contribution in [2.45, 2.75) is 0 Å². The number of nitrogens with zero attached hydrogens (tertiary/aromatic N) is 1. The first-order chi connectivity index (χ1) is 7.82. The van der Waals surface area contributed by atoms with E-state index < -0.39 is 11.8 Å². The number of benzene rings is 1. The van der Waals surface area contributed by atoms with Crippen molar-refractivity contribution in [1.82, 2.24) is 0 Å². The van der Waals surface area contributed by atoms with Crippen molar-refractivity contribution in [2.24, 2.45) is 11.5 Å². The molecule has 0 aromatic heterocycles. The fourth-order valence-electron chi connectivity index (χ4n) is 1.51. The molecule has 0 aliphatic carbocycles. The molecule has 6 nitrogen and oxygen atoms in total. The number of rotatable bonds is 4. The van der Waals surface area contributed by atoms with Crippen LogP contribution >= 0.6 is 11.6 Å². The number of hydrogen-bond donors (Lipinski definition) is 3. The smallest absolute Gasteiger partial charge is 0.250 e. The Morgan fingerprint density at radius 2 is 1.94 bits per heavy atom. The molecular formula is C10H13ClN4O2. The molecule has 1 rings (SSSR count). The predicted molar refractivity (Wildman–Crippen MR) is 66.8 cm³/mol. The third kappa shape index (κ3) is 3.01. The molecule has 0 bridgehead atoms. The molecule has 0 heterocycles. The number of amides is 2. The normalized spacial score (nSPS) is 10.0. The Labute approximate surface area is 103 Å². The molecule has 0 aliphatic heterocycles. The van der Waals surface area contributed by atoms with Gasteiger partial charge < -0.3 is 22.1 Å². The zero-order chi connectivity index (χ0) is 13.2. The maximum atomic E-state index is 11.3. The van der Waals surface area contributed by atoms with E-state index in [1.165, 1.54) is 17.0 Å². The van der Waals surface area contributed by atoms with Crippen LogP contribution in [0.4, 0.5) is 11.4 Å². The summed E-state index contributed by atoms with van der Waals surface area (Å²) in [6.45, 7) is -0.0794. The van der Waals surface area contributed by atoms with Crippen LogP contribution in [0.1, 0.15) is 10.4 Å². The fraction of sp³-hybridized carbons (Fsp3) is 0.200. The quantitative estimate of drug-likeness (QED) is 0.655. The highest BCUT2D eigenvalue weighted by atomic mass is 35.5. The highest BCUT2D eigenvalue weighted by Crippen LogP contribution is 2.31. The van der Waals surface area contributed by atoms with Crippen molar-refractivity contribution in [2.75, 3.05) is 24.2 Å². The van der Waals surface area contributed by atoms with Crippen LogP contribution in [0.15, 0.2) is 12.1 Å². The first kappa shape index (κ1) is 13.1. The predicted octanol–water partition coefficient (Wildman–Crippen LogP) is -0.0574. The molecule has 0 atom stereocenters. The number of likely N-dealkylation sites (N-methyl/N-ethyl adjacent to an activating group) is 1. The lowest BCUT2D eigenvalue weighted by Crippen LogP contribution is -2.32. The van der Waals surface area contributed by atoms with Gasteiger partial charge in [0.05, 0.1) is 22.8 Å². The number of nitrogen functional groups attached to an aromatic ring is 1. The van der Waals surface area contributed by atoms with Crippen molar-refractivity contribution in [3.05, 3.63) is 22.7 Å². The summed E-state index contributed by atoms with van der Waals surface area (Å²) in [5, 5.41) is 0.238. The Kier molecular flexibility index (Phi) is 3.80. The van der Waals surface area contributed by atoms with Gasteiger partial charge in [-0.2, -0.15) is 0 Å². The first-order valence-corrected chi connectivity index (χ1v) is 5.09. The van der Waals surface area contributed by atoms with E-state index >= 15 is 0 Å². The molecule has 7 heteroatoms. The Hall–Kier alpha value is -1.95. The molecule has 0 fully saturated rings.